The van der Waals surface area contributed by atoms with Crippen molar-refractivity contribution in [2.75, 3.05) is 23.9 Å². The Hall–Kier alpha value is -3.49. The van der Waals surface area contributed by atoms with E-state index in [1.165, 1.54) is 12.1 Å². The van der Waals surface area contributed by atoms with Crippen LogP contribution < -0.4 is 15.0 Å². The Morgan fingerprint density at radius 1 is 1.20 bits per heavy atom. The Labute approximate surface area is 173 Å². The summed E-state index contributed by atoms with van der Waals surface area (Å²) in [6, 6.07) is 5.68. The van der Waals surface area contributed by atoms with Crippen LogP contribution in [0.5, 0.6) is 5.75 Å². The molecule has 1 N–H and O–H groups in total. The number of ether oxygens (including phenoxy) is 1. The maximum atomic E-state index is 12.9. The molecular weight excluding hydrogens is 387 g/mol. The molecule has 0 bridgehead atoms. The summed E-state index contributed by atoms with van der Waals surface area (Å²) in [5.41, 5.74) is 1.71. The normalized spacial score (nSPS) is 15.6. The van der Waals surface area contributed by atoms with Crippen molar-refractivity contribution in [1.82, 2.24) is 19.7 Å². The van der Waals surface area contributed by atoms with E-state index in [4.69, 9.17) is 4.74 Å². The zero-order valence-corrected chi connectivity index (χ0v) is 16.9. The topological polar surface area (TPSA) is 85.2 Å². The predicted molar refractivity (Wildman–Crippen MR) is 110 cm³/mol. The van der Waals surface area contributed by atoms with Crippen molar-refractivity contribution in [3.05, 3.63) is 60.1 Å². The van der Waals surface area contributed by atoms with Gasteiger partial charge in [0.25, 0.3) is 0 Å². The third kappa shape index (κ3) is 4.40. The molecular formula is C21H23FN6O2. The molecule has 30 heavy (non-hydrogen) atoms. The van der Waals surface area contributed by atoms with Gasteiger partial charge in [0.2, 0.25) is 5.91 Å². The van der Waals surface area contributed by atoms with Gasteiger partial charge < -0.3 is 15.0 Å². The number of aromatic nitrogens is 4. The minimum absolute atomic E-state index is 0.0582. The van der Waals surface area contributed by atoms with Crippen LogP contribution in [0, 0.1) is 5.82 Å². The summed E-state index contributed by atoms with van der Waals surface area (Å²) in [7, 11) is 1.86. The van der Waals surface area contributed by atoms with E-state index in [0.29, 0.717) is 31.0 Å². The molecule has 3 heterocycles. The number of likely N-dealkylation sites (N-methyl/N-ethyl adjacent to an activating group) is 1. The highest BCUT2D eigenvalue weighted by molar-refractivity contribution is 6.02. The minimum Gasteiger partial charge on any atom is -0.492 e. The number of nitrogens with one attached hydrogen (secondary N) is 1. The molecule has 0 radical (unpaired) electrons. The molecule has 1 aromatic carbocycles. The smallest absolute Gasteiger partial charge is 0.246 e. The molecule has 2 aromatic heterocycles. The molecule has 156 valence electrons. The average Bonchev–Trinajstić information content (AvgIpc) is 3.20. The van der Waals surface area contributed by atoms with Crippen LogP contribution in [0.3, 0.4) is 0 Å². The van der Waals surface area contributed by atoms with E-state index < -0.39 is 0 Å². The van der Waals surface area contributed by atoms with Crippen molar-refractivity contribution in [1.29, 1.82) is 0 Å². The highest BCUT2D eigenvalue weighted by atomic mass is 19.1. The van der Waals surface area contributed by atoms with Crippen molar-refractivity contribution < 1.29 is 13.9 Å². The Morgan fingerprint density at radius 3 is 2.80 bits per heavy atom. The van der Waals surface area contributed by atoms with Crippen molar-refractivity contribution in [2.24, 2.45) is 0 Å². The van der Waals surface area contributed by atoms with E-state index in [0.717, 1.165) is 23.6 Å². The first-order valence-electron chi connectivity index (χ1n) is 9.79. The summed E-state index contributed by atoms with van der Waals surface area (Å²) in [6.07, 6.45) is 6.88. The fourth-order valence-electron chi connectivity index (χ4n) is 3.18. The highest BCUT2D eigenvalue weighted by Gasteiger charge is 2.28. The lowest BCUT2D eigenvalue weighted by atomic mass is 10.2. The van der Waals surface area contributed by atoms with Gasteiger partial charge >= 0.3 is 0 Å². The molecule has 0 saturated carbocycles. The molecule has 0 aliphatic carbocycles. The Bertz CT molecular complexity index is 1040. The fraction of sp³-hybridized carbons (Fsp3) is 0.333. The van der Waals surface area contributed by atoms with Crippen molar-refractivity contribution >= 4 is 17.4 Å². The SMILES string of the molecule is C[C@H]1C(=O)Nc2cnc(CCc3cnn(CCOc4ccc(F)cc4)c3)nc2N1C. The molecule has 1 atom stereocenters. The number of fused-ring (bicyclic) bond motifs is 1. The number of halogens is 1. The predicted octanol–water partition coefficient (Wildman–Crippen LogP) is 2.45. The van der Waals surface area contributed by atoms with E-state index in [9.17, 15) is 9.18 Å². The second kappa shape index (κ2) is 8.48. The third-order valence-corrected chi connectivity index (χ3v) is 5.10. The molecule has 1 aliphatic rings. The summed E-state index contributed by atoms with van der Waals surface area (Å²) in [6.45, 7) is 2.88. The maximum absolute atomic E-state index is 12.9. The molecule has 8 nitrogen and oxygen atoms in total. The van der Waals surface area contributed by atoms with E-state index in [-0.39, 0.29) is 17.8 Å². The average molecular weight is 410 g/mol. The quantitative estimate of drug-likeness (QED) is 0.644. The summed E-state index contributed by atoms with van der Waals surface area (Å²) < 4.78 is 20.3. The molecule has 1 aliphatic heterocycles. The molecule has 9 heteroatoms. The van der Waals surface area contributed by atoms with E-state index >= 15 is 0 Å². The second-order valence-electron chi connectivity index (χ2n) is 7.21. The molecule has 0 saturated heterocycles. The standard InChI is InChI=1S/C21H23FN6O2/c1-14-21(29)25-18-12-23-19(26-20(18)27(14)2)8-3-15-11-24-28(13-15)9-10-30-17-6-4-16(22)5-7-17/h4-7,11-14H,3,8-10H2,1-2H3,(H,25,29)/t14-/m0/s1. The summed E-state index contributed by atoms with van der Waals surface area (Å²) in [5.74, 6) is 1.74. The highest BCUT2D eigenvalue weighted by Crippen LogP contribution is 2.28. The van der Waals surface area contributed by atoms with E-state index in [2.05, 4.69) is 20.4 Å². The largest absolute Gasteiger partial charge is 0.492 e. The fourth-order valence-corrected chi connectivity index (χ4v) is 3.18. The molecule has 4 rings (SSSR count). The van der Waals surface area contributed by atoms with Gasteiger partial charge in [-0.3, -0.25) is 9.48 Å². The Kier molecular flexibility index (Phi) is 5.60. The van der Waals surface area contributed by atoms with Crippen LogP contribution in [0.25, 0.3) is 0 Å². The summed E-state index contributed by atoms with van der Waals surface area (Å²) in [5, 5.41) is 7.18. The molecule has 0 spiro atoms. The van der Waals surface area contributed by atoms with Gasteiger partial charge in [-0.2, -0.15) is 5.10 Å². The van der Waals surface area contributed by atoms with Crippen LogP contribution in [0.2, 0.25) is 0 Å². The Balaban J connectivity index is 1.30. The van der Waals surface area contributed by atoms with Gasteiger partial charge in [-0.1, -0.05) is 0 Å². The number of amides is 1. The first kappa shape index (κ1) is 19.8. The second-order valence-corrected chi connectivity index (χ2v) is 7.21. The van der Waals surface area contributed by atoms with E-state index in [1.807, 2.05) is 35.9 Å². The van der Waals surface area contributed by atoms with Gasteiger partial charge in [-0.25, -0.2) is 14.4 Å². The van der Waals surface area contributed by atoms with Gasteiger partial charge in [-0.05, 0) is 43.2 Å². The van der Waals surface area contributed by atoms with Crippen LogP contribution in [0.15, 0.2) is 42.9 Å². The van der Waals surface area contributed by atoms with Crippen LogP contribution in [-0.4, -0.2) is 45.4 Å². The van der Waals surface area contributed by atoms with Gasteiger partial charge in [0.1, 0.15) is 35.7 Å². The number of rotatable bonds is 7. The summed E-state index contributed by atoms with van der Waals surface area (Å²) in [4.78, 5) is 22.7. The third-order valence-electron chi connectivity index (χ3n) is 5.10. The number of anilines is 2. The molecule has 1 amide bonds. The van der Waals surface area contributed by atoms with Crippen LogP contribution >= 0.6 is 0 Å². The van der Waals surface area contributed by atoms with Gasteiger partial charge in [0, 0.05) is 19.7 Å². The van der Waals surface area contributed by atoms with Gasteiger partial charge in [0.15, 0.2) is 5.82 Å². The van der Waals surface area contributed by atoms with Crippen LogP contribution in [-0.2, 0) is 24.2 Å². The number of hydrogen-bond acceptors (Lipinski definition) is 6. The van der Waals surface area contributed by atoms with Crippen molar-refractivity contribution in [3.63, 3.8) is 0 Å². The Morgan fingerprint density at radius 2 is 2.00 bits per heavy atom. The monoisotopic (exact) mass is 410 g/mol. The lowest BCUT2D eigenvalue weighted by Gasteiger charge is -2.31. The molecule has 3 aromatic rings. The number of carbonyl (C=O) groups excluding carboxylic acids is 1. The van der Waals surface area contributed by atoms with Gasteiger partial charge in [0.05, 0.1) is 18.9 Å². The lowest BCUT2D eigenvalue weighted by Crippen LogP contribution is -2.44. The zero-order chi connectivity index (χ0) is 21.1. The first-order chi connectivity index (χ1) is 14.5. The van der Waals surface area contributed by atoms with Crippen LogP contribution in [0.4, 0.5) is 15.9 Å². The number of aryl methyl sites for hydroxylation is 2. The lowest BCUT2D eigenvalue weighted by molar-refractivity contribution is -0.117. The van der Waals surface area contributed by atoms with Crippen molar-refractivity contribution in [2.45, 2.75) is 32.4 Å². The molecule has 0 fully saturated rings. The zero-order valence-electron chi connectivity index (χ0n) is 16.9. The minimum atomic E-state index is -0.284. The maximum Gasteiger partial charge on any atom is 0.246 e. The van der Waals surface area contributed by atoms with Gasteiger partial charge in [-0.15, -0.1) is 0 Å². The van der Waals surface area contributed by atoms with E-state index in [1.54, 1.807) is 18.3 Å². The number of hydrogen-bond donors (Lipinski definition) is 1. The number of carbonyl (C=O) groups is 1. The summed E-state index contributed by atoms with van der Waals surface area (Å²) >= 11 is 0. The van der Waals surface area contributed by atoms with Crippen molar-refractivity contribution in [3.8, 4) is 5.75 Å². The first-order valence-corrected chi connectivity index (χ1v) is 9.79. The van der Waals surface area contributed by atoms with Crippen LogP contribution in [0.1, 0.15) is 18.3 Å². The molecule has 0 unspecified atom stereocenters. The number of benzene rings is 1. The number of nitrogens with zero attached hydrogens (tertiary/aromatic N) is 5.